The first-order valence-electron chi connectivity index (χ1n) is 6.89. The fraction of sp³-hybridized carbons (Fsp3) is 0.600. The Balaban J connectivity index is 1.92. The number of piperidine rings is 1. The van der Waals surface area contributed by atoms with Gasteiger partial charge in [0, 0.05) is 32.0 Å². The average Bonchev–Trinajstić information content (AvgIpc) is 2.38. The Hall–Kier alpha value is -1.22. The van der Waals surface area contributed by atoms with Gasteiger partial charge in [0.2, 0.25) is 0 Å². The lowest BCUT2D eigenvalue weighted by atomic mass is 9.98. The fourth-order valence-corrected chi connectivity index (χ4v) is 2.46. The molecule has 1 aliphatic rings. The summed E-state index contributed by atoms with van der Waals surface area (Å²) >= 11 is 0. The molecule has 3 heteroatoms. The summed E-state index contributed by atoms with van der Waals surface area (Å²) in [6, 6.07) is 6.62. The summed E-state index contributed by atoms with van der Waals surface area (Å²) in [5.74, 6) is 0.819. The molecule has 0 saturated carbocycles. The smallest absolute Gasteiger partial charge is 0.0371 e. The minimum absolute atomic E-state index is 0.819. The quantitative estimate of drug-likeness (QED) is 0.856. The van der Waals surface area contributed by atoms with Gasteiger partial charge in [-0.1, -0.05) is 0 Å². The van der Waals surface area contributed by atoms with E-state index in [0.29, 0.717) is 0 Å². The van der Waals surface area contributed by atoms with Crippen molar-refractivity contribution >= 4 is 11.4 Å². The molecular formula is C15H25N3. The highest BCUT2D eigenvalue weighted by Crippen LogP contribution is 2.22. The standard InChI is InChI=1S/C15H25N3/c1-12-10-14(18(2)3)4-5-15(12)17-11-13-6-8-16-9-7-13/h4-5,10,13,16-17H,6-9,11H2,1-3H3. The summed E-state index contributed by atoms with van der Waals surface area (Å²) < 4.78 is 0. The molecule has 0 aliphatic carbocycles. The van der Waals surface area contributed by atoms with Gasteiger partial charge in [-0.15, -0.1) is 0 Å². The molecule has 0 aromatic heterocycles. The molecule has 18 heavy (non-hydrogen) atoms. The van der Waals surface area contributed by atoms with Crippen molar-refractivity contribution in [2.75, 3.05) is 43.9 Å². The number of nitrogens with zero attached hydrogens (tertiary/aromatic N) is 1. The highest BCUT2D eigenvalue weighted by molar-refractivity contribution is 5.59. The van der Waals surface area contributed by atoms with Gasteiger partial charge in [0.15, 0.2) is 0 Å². The SMILES string of the molecule is Cc1cc(N(C)C)ccc1NCC1CCNCC1. The van der Waals surface area contributed by atoms with Crippen LogP contribution in [0.5, 0.6) is 0 Å². The predicted molar refractivity (Wildman–Crippen MR) is 79.6 cm³/mol. The summed E-state index contributed by atoms with van der Waals surface area (Å²) in [5, 5.41) is 7.01. The van der Waals surface area contributed by atoms with E-state index in [9.17, 15) is 0 Å². The van der Waals surface area contributed by atoms with Gasteiger partial charge in [0.05, 0.1) is 0 Å². The molecule has 0 spiro atoms. The van der Waals surface area contributed by atoms with E-state index in [4.69, 9.17) is 0 Å². The van der Waals surface area contributed by atoms with Crippen molar-refractivity contribution in [3.8, 4) is 0 Å². The highest BCUT2D eigenvalue weighted by atomic mass is 15.1. The maximum Gasteiger partial charge on any atom is 0.0371 e. The third-order valence-electron chi connectivity index (χ3n) is 3.77. The summed E-state index contributed by atoms with van der Waals surface area (Å²) in [5.41, 5.74) is 3.87. The molecule has 3 nitrogen and oxygen atoms in total. The number of aryl methyl sites for hydroxylation is 1. The van der Waals surface area contributed by atoms with Crippen molar-refractivity contribution in [1.29, 1.82) is 0 Å². The fourth-order valence-electron chi connectivity index (χ4n) is 2.46. The Kier molecular flexibility index (Phi) is 4.48. The van der Waals surface area contributed by atoms with Crippen LogP contribution in [-0.2, 0) is 0 Å². The molecule has 0 unspecified atom stereocenters. The summed E-state index contributed by atoms with van der Waals surface area (Å²) in [6.07, 6.45) is 2.59. The van der Waals surface area contributed by atoms with Crippen LogP contribution in [0, 0.1) is 12.8 Å². The number of anilines is 2. The molecule has 100 valence electrons. The van der Waals surface area contributed by atoms with Gasteiger partial charge < -0.3 is 15.5 Å². The summed E-state index contributed by atoms with van der Waals surface area (Å²) in [6.45, 7) is 5.62. The zero-order chi connectivity index (χ0) is 13.0. The maximum absolute atomic E-state index is 3.60. The zero-order valence-corrected chi connectivity index (χ0v) is 11.8. The van der Waals surface area contributed by atoms with Crippen molar-refractivity contribution in [3.05, 3.63) is 23.8 Å². The van der Waals surface area contributed by atoms with E-state index >= 15 is 0 Å². The van der Waals surface area contributed by atoms with Gasteiger partial charge in [-0.2, -0.15) is 0 Å². The van der Waals surface area contributed by atoms with Crippen LogP contribution in [0.4, 0.5) is 11.4 Å². The molecule has 1 heterocycles. The molecule has 0 amide bonds. The molecule has 1 saturated heterocycles. The van der Waals surface area contributed by atoms with Crippen molar-refractivity contribution < 1.29 is 0 Å². The lowest BCUT2D eigenvalue weighted by molar-refractivity contribution is 0.390. The largest absolute Gasteiger partial charge is 0.385 e. The van der Waals surface area contributed by atoms with Crippen molar-refractivity contribution in [2.45, 2.75) is 19.8 Å². The second kappa shape index (κ2) is 6.10. The van der Waals surface area contributed by atoms with Gasteiger partial charge in [-0.3, -0.25) is 0 Å². The van der Waals surface area contributed by atoms with E-state index in [1.807, 2.05) is 0 Å². The molecule has 2 N–H and O–H groups in total. The highest BCUT2D eigenvalue weighted by Gasteiger charge is 2.12. The Bertz CT molecular complexity index is 381. The summed E-state index contributed by atoms with van der Waals surface area (Å²) in [7, 11) is 4.16. The van der Waals surface area contributed by atoms with Crippen LogP contribution in [0.1, 0.15) is 18.4 Å². The average molecular weight is 247 g/mol. The number of nitrogens with one attached hydrogen (secondary N) is 2. The molecular weight excluding hydrogens is 222 g/mol. The van der Waals surface area contributed by atoms with E-state index in [-0.39, 0.29) is 0 Å². The van der Waals surface area contributed by atoms with Gasteiger partial charge in [0.25, 0.3) is 0 Å². The topological polar surface area (TPSA) is 27.3 Å². The van der Waals surface area contributed by atoms with Crippen molar-refractivity contribution in [1.82, 2.24) is 5.32 Å². The third kappa shape index (κ3) is 3.39. The second-order valence-corrected chi connectivity index (χ2v) is 5.47. The van der Waals surface area contributed by atoms with E-state index in [0.717, 1.165) is 12.5 Å². The first kappa shape index (κ1) is 13.2. The molecule has 1 aliphatic heterocycles. The third-order valence-corrected chi connectivity index (χ3v) is 3.77. The molecule has 0 bridgehead atoms. The first-order valence-corrected chi connectivity index (χ1v) is 6.89. The van der Waals surface area contributed by atoms with E-state index in [2.05, 4.69) is 54.8 Å². The Morgan fingerprint density at radius 2 is 2.00 bits per heavy atom. The van der Waals surface area contributed by atoms with Crippen LogP contribution in [0.25, 0.3) is 0 Å². The predicted octanol–water partition coefficient (Wildman–Crippen LogP) is 2.47. The van der Waals surface area contributed by atoms with E-state index in [1.54, 1.807) is 0 Å². The Morgan fingerprint density at radius 3 is 2.61 bits per heavy atom. The van der Waals surface area contributed by atoms with Crippen LogP contribution >= 0.6 is 0 Å². The molecule has 0 atom stereocenters. The number of hydrogen-bond donors (Lipinski definition) is 2. The number of hydrogen-bond acceptors (Lipinski definition) is 3. The van der Waals surface area contributed by atoms with Crippen LogP contribution in [0.2, 0.25) is 0 Å². The van der Waals surface area contributed by atoms with Crippen LogP contribution < -0.4 is 15.5 Å². The zero-order valence-electron chi connectivity index (χ0n) is 11.8. The van der Waals surface area contributed by atoms with Crippen LogP contribution in [0.3, 0.4) is 0 Å². The van der Waals surface area contributed by atoms with Crippen molar-refractivity contribution in [3.63, 3.8) is 0 Å². The number of rotatable bonds is 4. The second-order valence-electron chi connectivity index (χ2n) is 5.47. The summed E-state index contributed by atoms with van der Waals surface area (Å²) in [4.78, 5) is 2.14. The minimum Gasteiger partial charge on any atom is -0.385 e. The minimum atomic E-state index is 0.819. The lowest BCUT2D eigenvalue weighted by Crippen LogP contribution is -2.31. The van der Waals surface area contributed by atoms with E-state index < -0.39 is 0 Å². The van der Waals surface area contributed by atoms with Crippen LogP contribution in [-0.4, -0.2) is 33.7 Å². The molecule has 0 radical (unpaired) electrons. The maximum atomic E-state index is 3.60. The molecule has 1 aromatic carbocycles. The number of benzene rings is 1. The van der Waals surface area contributed by atoms with Gasteiger partial charge >= 0.3 is 0 Å². The monoisotopic (exact) mass is 247 g/mol. The molecule has 1 fully saturated rings. The lowest BCUT2D eigenvalue weighted by Gasteiger charge is -2.24. The normalized spacial score (nSPS) is 16.6. The van der Waals surface area contributed by atoms with Crippen molar-refractivity contribution in [2.24, 2.45) is 5.92 Å². The Morgan fingerprint density at radius 1 is 1.28 bits per heavy atom. The van der Waals surface area contributed by atoms with Crippen LogP contribution in [0.15, 0.2) is 18.2 Å². The Labute approximate surface area is 111 Å². The van der Waals surface area contributed by atoms with E-state index in [1.165, 1.54) is 42.9 Å². The molecule has 2 rings (SSSR count). The first-order chi connectivity index (χ1) is 8.66. The molecule has 1 aromatic rings. The van der Waals surface area contributed by atoms with Gasteiger partial charge in [0.1, 0.15) is 0 Å². The van der Waals surface area contributed by atoms with Gasteiger partial charge in [-0.25, -0.2) is 0 Å². The van der Waals surface area contributed by atoms with Gasteiger partial charge in [-0.05, 0) is 62.5 Å².